The van der Waals surface area contributed by atoms with E-state index in [0.29, 0.717) is 11.0 Å². The fraction of sp³-hybridized carbons (Fsp3) is 0.133. The molecule has 24 heavy (non-hydrogen) atoms. The summed E-state index contributed by atoms with van der Waals surface area (Å²) in [6, 6.07) is 5.74. The van der Waals surface area contributed by atoms with Gasteiger partial charge in [-0.2, -0.15) is 15.0 Å². The zero-order valence-corrected chi connectivity index (χ0v) is 13.9. The van der Waals surface area contributed by atoms with Crippen molar-refractivity contribution in [3.63, 3.8) is 0 Å². The van der Waals surface area contributed by atoms with Crippen LogP contribution in [-0.4, -0.2) is 37.1 Å². The predicted molar refractivity (Wildman–Crippen MR) is 91.7 cm³/mol. The van der Waals surface area contributed by atoms with Crippen LogP contribution in [-0.2, 0) is 0 Å². The van der Waals surface area contributed by atoms with E-state index in [4.69, 9.17) is 5.73 Å². The summed E-state index contributed by atoms with van der Waals surface area (Å²) in [5.41, 5.74) is 8.18. The van der Waals surface area contributed by atoms with Gasteiger partial charge in [0.25, 0.3) is 5.91 Å². The molecule has 0 aliphatic rings. The van der Waals surface area contributed by atoms with Crippen molar-refractivity contribution in [2.45, 2.75) is 12.1 Å². The summed E-state index contributed by atoms with van der Waals surface area (Å²) >= 11 is 1.38. The number of anilines is 2. The van der Waals surface area contributed by atoms with E-state index in [1.165, 1.54) is 22.8 Å². The lowest BCUT2D eigenvalue weighted by molar-refractivity contribution is 0.100. The number of nitrogens with zero attached hydrogens (tertiary/aromatic N) is 5. The highest BCUT2D eigenvalue weighted by Gasteiger charge is 2.13. The van der Waals surface area contributed by atoms with E-state index in [1.54, 1.807) is 12.4 Å². The van der Waals surface area contributed by atoms with E-state index in [1.807, 2.05) is 31.4 Å². The van der Waals surface area contributed by atoms with E-state index < -0.39 is 5.91 Å². The number of primary amides is 1. The molecule has 0 spiro atoms. The summed E-state index contributed by atoms with van der Waals surface area (Å²) in [4.78, 5) is 21.5. The van der Waals surface area contributed by atoms with Crippen LogP contribution < -0.4 is 11.1 Å². The lowest BCUT2D eigenvalue weighted by Gasteiger charge is -2.12. The highest BCUT2D eigenvalue weighted by atomic mass is 32.2. The molecule has 0 atom stereocenters. The minimum absolute atomic E-state index is 0.230. The van der Waals surface area contributed by atoms with Crippen LogP contribution in [0.5, 0.6) is 0 Å². The van der Waals surface area contributed by atoms with Gasteiger partial charge in [-0.15, -0.1) is 0 Å². The third-order valence-electron chi connectivity index (χ3n) is 3.19. The number of nitrogens with one attached hydrogen (secondary N) is 1. The van der Waals surface area contributed by atoms with Gasteiger partial charge in [0, 0.05) is 11.9 Å². The molecule has 0 fully saturated rings. The summed E-state index contributed by atoms with van der Waals surface area (Å²) in [5, 5.41) is 11.9. The number of benzene rings is 1. The molecular weight excluding hydrogens is 326 g/mol. The van der Waals surface area contributed by atoms with Crippen LogP contribution >= 0.6 is 11.8 Å². The molecule has 0 saturated heterocycles. The number of thioether (sulfide) groups is 1. The first-order valence-corrected chi connectivity index (χ1v) is 8.25. The second-order valence-electron chi connectivity index (χ2n) is 4.98. The van der Waals surface area contributed by atoms with Crippen LogP contribution in [0.15, 0.2) is 41.9 Å². The topological polar surface area (TPSA) is 112 Å². The zero-order valence-electron chi connectivity index (χ0n) is 13.1. The molecule has 1 amide bonds. The van der Waals surface area contributed by atoms with E-state index >= 15 is 0 Å². The lowest BCUT2D eigenvalue weighted by Crippen LogP contribution is -2.15. The van der Waals surface area contributed by atoms with Crippen LogP contribution in [0, 0.1) is 6.92 Å². The largest absolute Gasteiger partial charge is 0.365 e. The van der Waals surface area contributed by atoms with Crippen molar-refractivity contribution in [3.8, 4) is 5.69 Å². The molecule has 3 rings (SSSR count). The van der Waals surface area contributed by atoms with Crippen molar-refractivity contribution >= 4 is 29.2 Å². The number of hydrogen-bond donors (Lipinski definition) is 2. The third kappa shape index (κ3) is 3.35. The molecule has 3 aromatic rings. The molecule has 0 bridgehead atoms. The van der Waals surface area contributed by atoms with Crippen LogP contribution in [0.2, 0.25) is 0 Å². The Labute approximate surface area is 142 Å². The minimum atomic E-state index is -0.591. The number of carbonyl (C=O) groups is 1. The van der Waals surface area contributed by atoms with Gasteiger partial charge in [-0.3, -0.25) is 4.79 Å². The smallest absolute Gasteiger partial charge is 0.254 e. The molecule has 0 saturated carbocycles. The molecule has 9 heteroatoms. The molecule has 0 radical (unpaired) electrons. The fourth-order valence-electron chi connectivity index (χ4n) is 2.18. The number of aromatic nitrogens is 5. The number of carbonyl (C=O) groups excluding carboxylic acids is 1. The number of hydrogen-bond acceptors (Lipinski definition) is 7. The average Bonchev–Trinajstić information content (AvgIpc) is 3.08. The molecule has 3 N–H and O–H groups in total. The predicted octanol–water partition coefficient (Wildman–Crippen LogP) is 1.93. The molecule has 0 aliphatic carbocycles. The Kier molecular flexibility index (Phi) is 4.43. The van der Waals surface area contributed by atoms with Gasteiger partial charge in [-0.25, -0.2) is 9.97 Å². The lowest BCUT2D eigenvalue weighted by atomic mass is 10.2. The highest BCUT2D eigenvalue weighted by Crippen LogP contribution is 2.23. The van der Waals surface area contributed by atoms with Gasteiger partial charge in [0.15, 0.2) is 5.16 Å². The van der Waals surface area contributed by atoms with E-state index in [2.05, 4.69) is 25.5 Å². The number of rotatable bonds is 5. The molecule has 1 aromatic carbocycles. The van der Waals surface area contributed by atoms with Crippen LogP contribution in [0.1, 0.15) is 15.9 Å². The minimum Gasteiger partial charge on any atom is -0.365 e. The maximum Gasteiger partial charge on any atom is 0.254 e. The monoisotopic (exact) mass is 341 g/mol. The highest BCUT2D eigenvalue weighted by molar-refractivity contribution is 7.98. The Bertz CT molecular complexity index is 880. The van der Waals surface area contributed by atoms with Gasteiger partial charge < -0.3 is 11.1 Å². The quantitative estimate of drug-likeness (QED) is 0.538. The molecule has 2 heterocycles. The Balaban J connectivity index is 2.01. The summed E-state index contributed by atoms with van der Waals surface area (Å²) in [7, 11) is 0. The summed E-state index contributed by atoms with van der Waals surface area (Å²) in [5.74, 6) is -0.224. The van der Waals surface area contributed by atoms with Crippen molar-refractivity contribution in [1.82, 2.24) is 25.0 Å². The molecule has 0 aliphatic heterocycles. The molecule has 2 aromatic heterocycles. The zero-order chi connectivity index (χ0) is 17.1. The first-order chi connectivity index (χ1) is 11.6. The van der Waals surface area contributed by atoms with Gasteiger partial charge in [-0.05, 0) is 36.9 Å². The van der Waals surface area contributed by atoms with Crippen molar-refractivity contribution < 1.29 is 4.79 Å². The van der Waals surface area contributed by atoms with Gasteiger partial charge in [0.2, 0.25) is 0 Å². The molecule has 0 unspecified atom stereocenters. The fourth-order valence-corrected chi connectivity index (χ4v) is 2.52. The first-order valence-electron chi connectivity index (χ1n) is 7.03. The van der Waals surface area contributed by atoms with E-state index in [0.717, 1.165) is 16.9 Å². The number of nitrogens with two attached hydrogens (primary N) is 1. The van der Waals surface area contributed by atoms with E-state index in [-0.39, 0.29) is 5.56 Å². The second kappa shape index (κ2) is 6.67. The maximum atomic E-state index is 11.6. The van der Waals surface area contributed by atoms with Gasteiger partial charge >= 0.3 is 0 Å². The average molecular weight is 341 g/mol. The second-order valence-corrected chi connectivity index (χ2v) is 5.76. The molecule has 8 nitrogen and oxygen atoms in total. The van der Waals surface area contributed by atoms with Crippen LogP contribution in [0.4, 0.5) is 11.5 Å². The summed E-state index contributed by atoms with van der Waals surface area (Å²) in [6.45, 7) is 1.96. The normalized spacial score (nSPS) is 10.6. The first kappa shape index (κ1) is 15.9. The Hall–Kier alpha value is -2.94. The number of aryl methyl sites for hydroxylation is 1. The summed E-state index contributed by atoms with van der Waals surface area (Å²) < 4.78 is 0. The Morgan fingerprint density at radius 3 is 2.67 bits per heavy atom. The Morgan fingerprint density at radius 1 is 1.25 bits per heavy atom. The van der Waals surface area contributed by atoms with Crippen molar-refractivity contribution in [2.24, 2.45) is 5.73 Å². The van der Waals surface area contributed by atoms with Gasteiger partial charge in [-0.1, -0.05) is 11.8 Å². The molecule has 122 valence electrons. The van der Waals surface area contributed by atoms with Crippen molar-refractivity contribution in [1.29, 1.82) is 0 Å². The Morgan fingerprint density at radius 2 is 2.00 bits per heavy atom. The van der Waals surface area contributed by atoms with Crippen LogP contribution in [0.25, 0.3) is 5.69 Å². The maximum absolute atomic E-state index is 11.6. The van der Waals surface area contributed by atoms with E-state index in [9.17, 15) is 4.79 Å². The third-order valence-corrected chi connectivity index (χ3v) is 3.75. The summed E-state index contributed by atoms with van der Waals surface area (Å²) in [6.07, 6.45) is 6.50. The van der Waals surface area contributed by atoms with Crippen molar-refractivity contribution in [3.05, 3.63) is 47.9 Å². The SMILES string of the molecule is CSc1ncc(C(N)=O)c(Nc2cc(C)cc(-n3nccn3)c2)n1. The van der Waals surface area contributed by atoms with Crippen molar-refractivity contribution in [2.75, 3.05) is 11.6 Å². The standard InChI is InChI=1S/C15H15N7OS/c1-9-5-10(7-11(6-9)22-18-3-4-19-22)20-14-12(13(16)23)8-17-15(21-14)24-2/h3-8H,1-2H3,(H2,16,23)(H,17,20,21). The number of amides is 1. The molecular formula is C15H15N7OS. The van der Waals surface area contributed by atoms with Gasteiger partial charge in [0.05, 0.1) is 18.1 Å². The van der Waals surface area contributed by atoms with Crippen LogP contribution in [0.3, 0.4) is 0 Å². The van der Waals surface area contributed by atoms with Gasteiger partial charge in [0.1, 0.15) is 11.4 Å².